The molecule has 0 fully saturated rings. The van der Waals surface area contributed by atoms with E-state index in [2.05, 4.69) is 12.2 Å². The minimum atomic E-state index is -0.0270. The Kier molecular flexibility index (Phi) is 12.2. The maximum atomic E-state index is 11.7. The van der Waals surface area contributed by atoms with Crippen molar-refractivity contribution in [3.8, 4) is 0 Å². The van der Waals surface area contributed by atoms with Crippen LogP contribution in [0.4, 0.5) is 0 Å². The topological polar surface area (TPSA) is 29.1 Å². The van der Waals surface area contributed by atoms with Crippen LogP contribution >= 0.6 is 11.6 Å². The quantitative estimate of drug-likeness (QED) is 0.324. The zero-order valence-corrected chi connectivity index (χ0v) is 15.8. The molecule has 0 heterocycles. The third-order valence-electron chi connectivity index (χ3n) is 4.13. The lowest BCUT2D eigenvalue weighted by Gasteiger charge is -2.03. The van der Waals surface area contributed by atoms with Crippen LogP contribution in [0.15, 0.2) is 30.3 Å². The van der Waals surface area contributed by atoms with Crippen LogP contribution in [0, 0.1) is 0 Å². The lowest BCUT2D eigenvalue weighted by molar-refractivity contribution is -0.116. The minimum absolute atomic E-state index is 0.0270. The van der Waals surface area contributed by atoms with Crippen molar-refractivity contribution in [3.63, 3.8) is 0 Å². The summed E-state index contributed by atoms with van der Waals surface area (Å²) >= 11 is 5.83. The Hall–Kier alpha value is -1.28. The van der Waals surface area contributed by atoms with E-state index in [1.54, 1.807) is 6.08 Å². The van der Waals surface area contributed by atoms with Gasteiger partial charge in [-0.05, 0) is 30.2 Å². The van der Waals surface area contributed by atoms with Gasteiger partial charge < -0.3 is 5.32 Å². The number of unbranched alkanes of at least 4 members (excludes halogenated alkanes) is 9. The van der Waals surface area contributed by atoms with Gasteiger partial charge in [-0.15, -0.1) is 0 Å². The number of benzene rings is 1. The average Bonchev–Trinajstić information content (AvgIpc) is 2.59. The molecule has 0 aliphatic heterocycles. The minimum Gasteiger partial charge on any atom is -0.353 e. The van der Waals surface area contributed by atoms with Crippen LogP contribution in [0.25, 0.3) is 6.08 Å². The van der Waals surface area contributed by atoms with E-state index < -0.39 is 0 Å². The predicted octanol–water partition coefficient (Wildman–Crippen LogP) is 6.39. The summed E-state index contributed by atoms with van der Waals surface area (Å²) in [6.45, 7) is 3.02. The molecule has 0 aliphatic rings. The van der Waals surface area contributed by atoms with Crippen molar-refractivity contribution in [1.29, 1.82) is 0 Å². The fourth-order valence-corrected chi connectivity index (χ4v) is 2.75. The molecule has 0 aliphatic carbocycles. The fourth-order valence-electron chi connectivity index (χ4n) is 2.63. The van der Waals surface area contributed by atoms with E-state index in [0.717, 1.165) is 18.5 Å². The summed E-state index contributed by atoms with van der Waals surface area (Å²) in [5.74, 6) is -0.0270. The van der Waals surface area contributed by atoms with Crippen molar-refractivity contribution < 1.29 is 4.79 Å². The number of carbonyl (C=O) groups excluding carboxylic acids is 1. The normalized spacial score (nSPS) is 11.1. The highest BCUT2D eigenvalue weighted by Gasteiger charge is 1.96. The molecule has 0 unspecified atom stereocenters. The highest BCUT2D eigenvalue weighted by atomic mass is 35.5. The molecule has 2 nitrogen and oxygen atoms in total. The first-order chi connectivity index (χ1) is 11.7. The maximum absolute atomic E-state index is 11.7. The van der Waals surface area contributed by atoms with Crippen LogP contribution in [-0.2, 0) is 4.79 Å². The average molecular weight is 350 g/mol. The molecule has 0 radical (unpaired) electrons. The number of rotatable bonds is 13. The van der Waals surface area contributed by atoms with Gasteiger partial charge in [-0.3, -0.25) is 4.79 Å². The molecule has 1 amide bonds. The van der Waals surface area contributed by atoms with Gasteiger partial charge in [0.2, 0.25) is 5.91 Å². The second-order valence-corrected chi connectivity index (χ2v) is 6.79. The van der Waals surface area contributed by atoms with E-state index in [9.17, 15) is 4.79 Å². The molecule has 0 saturated heterocycles. The molecule has 1 aromatic carbocycles. The summed E-state index contributed by atoms with van der Waals surface area (Å²) in [5, 5.41) is 3.64. The number of hydrogen-bond acceptors (Lipinski definition) is 1. The number of halogens is 1. The van der Waals surface area contributed by atoms with Gasteiger partial charge in [0.05, 0.1) is 0 Å². The van der Waals surface area contributed by atoms with Gasteiger partial charge in [0.1, 0.15) is 0 Å². The summed E-state index contributed by atoms with van der Waals surface area (Å²) < 4.78 is 0. The fraction of sp³-hybridized carbons (Fsp3) is 0.571. The van der Waals surface area contributed by atoms with Crippen LogP contribution in [0.2, 0.25) is 5.02 Å². The molecule has 134 valence electrons. The largest absolute Gasteiger partial charge is 0.353 e. The molecule has 1 rings (SSSR count). The van der Waals surface area contributed by atoms with E-state index in [1.165, 1.54) is 57.8 Å². The zero-order chi connectivity index (χ0) is 17.5. The molecule has 24 heavy (non-hydrogen) atoms. The predicted molar refractivity (Wildman–Crippen MR) is 105 cm³/mol. The second kappa shape index (κ2) is 14.1. The van der Waals surface area contributed by atoms with Gasteiger partial charge in [0.15, 0.2) is 0 Å². The first kappa shape index (κ1) is 20.8. The summed E-state index contributed by atoms with van der Waals surface area (Å²) in [6.07, 6.45) is 16.5. The zero-order valence-electron chi connectivity index (χ0n) is 15.0. The van der Waals surface area contributed by atoms with Gasteiger partial charge >= 0.3 is 0 Å². The second-order valence-electron chi connectivity index (χ2n) is 6.36. The van der Waals surface area contributed by atoms with E-state index in [1.807, 2.05) is 30.3 Å². The Balaban J connectivity index is 1.95. The smallest absolute Gasteiger partial charge is 0.243 e. The number of carbonyl (C=O) groups is 1. The van der Waals surface area contributed by atoms with Crippen LogP contribution in [0.5, 0.6) is 0 Å². The molecule has 0 spiro atoms. The Morgan fingerprint density at radius 2 is 1.46 bits per heavy atom. The SMILES string of the molecule is CCCCCCCCCCCCNC(=O)C=Cc1ccc(Cl)cc1. The van der Waals surface area contributed by atoms with Gasteiger partial charge in [0.25, 0.3) is 0 Å². The third kappa shape index (κ3) is 11.3. The molecular formula is C21H32ClNO. The Bertz CT molecular complexity index is 467. The van der Waals surface area contributed by atoms with Gasteiger partial charge in [-0.25, -0.2) is 0 Å². The first-order valence-electron chi connectivity index (χ1n) is 9.44. The molecule has 0 aromatic heterocycles. The highest BCUT2D eigenvalue weighted by molar-refractivity contribution is 6.30. The molecule has 1 N–H and O–H groups in total. The van der Waals surface area contributed by atoms with E-state index in [-0.39, 0.29) is 5.91 Å². The number of nitrogens with one attached hydrogen (secondary N) is 1. The van der Waals surface area contributed by atoms with Crippen molar-refractivity contribution in [3.05, 3.63) is 40.9 Å². The van der Waals surface area contributed by atoms with Crippen LogP contribution in [-0.4, -0.2) is 12.5 Å². The molecule has 3 heteroatoms. The molecular weight excluding hydrogens is 318 g/mol. The van der Waals surface area contributed by atoms with E-state index in [4.69, 9.17) is 11.6 Å². The molecule has 0 atom stereocenters. The van der Waals surface area contributed by atoms with E-state index >= 15 is 0 Å². The van der Waals surface area contributed by atoms with Crippen molar-refractivity contribution in [2.24, 2.45) is 0 Å². The Labute approximate surface area is 152 Å². The summed E-state index contributed by atoms with van der Waals surface area (Å²) in [6, 6.07) is 7.44. The lowest BCUT2D eigenvalue weighted by atomic mass is 10.1. The molecule has 0 saturated carbocycles. The number of amides is 1. The maximum Gasteiger partial charge on any atom is 0.243 e. The monoisotopic (exact) mass is 349 g/mol. The van der Waals surface area contributed by atoms with Crippen molar-refractivity contribution in [2.45, 2.75) is 71.1 Å². The van der Waals surface area contributed by atoms with Gasteiger partial charge in [0, 0.05) is 17.6 Å². The van der Waals surface area contributed by atoms with Crippen molar-refractivity contribution >= 4 is 23.6 Å². The van der Waals surface area contributed by atoms with E-state index in [0.29, 0.717) is 5.02 Å². The lowest BCUT2D eigenvalue weighted by Crippen LogP contribution is -2.21. The summed E-state index contributed by atoms with van der Waals surface area (Å²) in [7, 11) is 0. The standard InChI is InChI=1S/C21H32ClNO/c1-2-3-4-5-6-7-8-9-10-11-18-23-21(24)17-14-19-12-15-20(22)16-13-19/h12-17H,2-11,18H2,1H3,(H,23,24). The summed E-state index contributed by atoms with van der Waals surface area (Å²) in [4.78, 5) is 11.7. The molecule has 0 bridgehead atoms. The third-order valence-corrected chi connectivity index (χ3v) is 4.38. The van der Waals surface area contributed by atoms with Crippen molar-refractivity contribution in [2.75, 3.05) is 6.54 Å². The van der Waals surface area contributed by atoms with Crippen LogP contribution < -0.4 is 5.32 Å². The summed E-state index contributed by atoms with van der Waals surface area (Å²) in [5.41, 5.74) is 0.980. The number of hydrogen-bond donors (Lipinski definition) is 1. The first-order valence-corrected chi connectivity index (χ1v) is 9.81. The Morgan fingerprint density at radius 3 is 2.04 bits per heavy atom. The molecule has 1 aromatic rings. The van der Waals surface area contributed by atoms with Crippen molar-refractivity contribution in [1.82, 2.24) is 5.32 Å². The van der Waals surface area contributed by atoms with Crippen LogP contribution in [0.3, 0.4) is 0 Å². The van der Waals surface area contributed by atoms with Gasteiger partial charge in [-0.1, -0.05) is 88.4 Å². The van der Waals surface area contributed by atoms with Crippen LogP contribution in [0.1, 0.15) is 76.7 Å². The van der Waals surface area contributed by atoms with Gasteiger partial charge in [-0.2, -0.15) is 0 Å². The highest BCUT2D eigenvalue weighted by Crippen LogP contribution is 2.11. The Morgan fingerprint density at radius 1 is 0.917 bits per heavy atom.